The minimum atomic E-state index is -3.50. The molecule has 0 bridgehead atoms. The van der Waals surface area contributed by atoms with Crippen LogP contribution in [0.2, 0.25) is 0 Å². The SMILES string of the molecule is CCNCc1cc(S(=O)(=O)NC(C)c2ncc(C)s2)cs1. The Morgan fingerprint density at radius 3 is 2.81 bits per heavy atom. The van der Waals surface area contributed by atoms with Crippen LogP contribution in [0, 0.1) is 6.92 Å². The molecule has 0 amide bonds. The zero-order chi connectivity index (χ0) is 15.5. The predicted octanol–water partition coefficient (Wildman–Crippen LogP) is 2.66. The Kier molecular flexibility index (Phi) is 5.50. The first-order chi connectivity index (χ1) is 9.92. The van der Waals surface area contributed by atoms with E-state index in [1.54, 1.807) is 17.6 Å². The molecular weight excluding hydrogens is 326 g/mol. The lowest BCUT2D eigenvalue weighted by Crippen LogP contribution is -2.26. The second kappa shape index (κ2) is 6.97. The molecule has 0 aliphatic rings. The zero-order valence-electron chi connectivity index (χ0n) is 12.2. The Morgan fingerprint density at radius 1 is 1.43 bits per heavy atom. The predicted molar refractivity (Wildman–Crippen MR) is 87.3 cm³/mol. The van der Waals surface area contributed by atoms with Crippen LogP contribution in [0.15, 0.2) is 22.5 Å². The zero-order valence-corrected chi connectivity index (χ0v) is 14.7. The second-order valence-electron chi connectivity index (χ2n) is 4.68. The Morgan fingerprint density at radius 2 is 2.19 bits per heavy atom. The van der Waals surface area contributed by atoms with Gasteiger partial charge in [0.15, 0.2) is 0 Å². The van der Waals surface area contributed by atoms with Gasteiger partial charge in [0.25, 0.3) is 0 Å². The minimum absolute atomic E-state index is 0.320. The van der Waals surface area contributed by atoms with Crippen molar-refractivity contribution in [3.63, 3.8) is 0 Å². The van der Waals surface area contributed by atoms with Gasteiger partial charge in [0.2, 0.25) is 10.0 Å². The van der Waals surface area contributed by atoms with Crippen molar-refractivity contribution >= 4 is 32.7 Å². The van der Waals surface area contributed by atoms with Crippen molar-refractivity contribution in [2.75, 3.05) is 6.54 Å². The van der Waals surface area contributed by atoms with E-state index in [0.29, 0.717) is 11.4 Å². The molecule has 2 heterocycles. The number of thiophene rings is 1. The smallest absolute Gasteiger partial charge is 0.242 e. The summed E-state index contributed by atoms with van der Waals surface area (Å²) in [6, 6.07) is 1.39. The van der Waals surface area contributed by atoms with Gasteiger partial charge in [-0.1, -0.05) is 6.92 Å². The number of sulfonamides is 1. The van der Waals surface area contributed by atoms with Crippen LogP contribution in [0.3, 0.4) is 0 Å². The molecule has 1 unspecified atom stereocenters. The maximum atomic E-state index is 12.4. The third-order valence-electron chi connectivity index (χ3n) is 2.83. The molecule has 2 aromatic heterocycles. The fraction of sp³-hybridized carbons (Fsp3) is 0.462. The molecule has 2 N–H and O–H groups in total. The summed E-state index contributed by atoms with van der Waals surface area (Å²) in [5.41, 5.74) is 0. The summed E-state index contributed by atoms with van der Waals surface area (Å²) in [6.45, 7) is 7.33. The molecule has 21 heavy (non-hydrogen) atoms. The average Bonchev–Trinajstić information content (AvgIpc) is 3.05. The summed E-state index contributed by atoms with van der Waals surface area (Å²) in [4.78, 5) is 6.62. The summed E-state index contributed by atoms with van der Waals surface area (Å²) in [5.74, 6) is 0. The van der Waals surface area contributed by atoms with Gasteiger partial charge in [-0.05, 0) is 26.5 Å². The van der Waals surface area contributed by atoms with Gasteiger partial charge in [-0.15, -0.1) is 22.7 Å². The molecule has 0 saturated heterocycles. The van der Waals surface area contributed by atoms with E-state index < -0.39 is 10.0 Å². The lowest BCUT2D eigenvalue weighted by atomic mass is 10.4. The maximum Gasteiger partial charge on any atom is 0.242 e. The molecule has 0 radical (unpaired) electrons. The van der Waals surface area contributed by atoms with Crippen molar-refractivity contribution in [3.05, 3.63) is 32.4 Å². The van der Waals surface area contributed by atoms with Crippen molar-refractivity contribution in [3.8, 4) is 0 Å². The van der Waals surface area contributed by atoms with Crippen molar-refractivity contribution in [2.24, 2.45) is 0 Å². The van der Waals surface area contributed by atoms with E-state index in [9.17, 15) is 8.42 Å². The van der Waals surface area contributed by atoms with Crippen molar-refractivity contribution < 1.29 is 8.42 Å². The standard InChI is InChI=1S/C13H19N3O2S3/c1-4-14-7-11-5-12(8-19-11)21(17,18)16-10(3)13-15-6-9(2)20-13/h5-6,8,10,14,16H,4,7H2,1-3H3. The third kappa shape index (κ3) is 4.33. The van der Waals surface area contributed by atoms with Crippen LogP contribution < -0.4 is 10.0 Å². The van der Waals surface area contributed by atoms with Crippen molar-refractivity contribution in [2.45, 2.75) is 38.3 Å². The van der Waals surface area contributed by atoms with E-state index in [1.807, 2.05) is 20.8 Å². The Labute approximate surface area is 133 Å². The van der Waals surface area contributed by atoms with Gasteiger partial charge < -0.3 is 5.32 Å². The molecule has 0 spiro atoms. The highest BCUT2D eigenvalue weighted by molar-refractivity contribution is 7.89. The van der Waals surface area contributed by atoms with Crippen LogP contribution in [0.1, 0.15) is 34.7 Å². The Hall–Kier alpha value is -0.800. The molecule has 2 rings (SSSR count). The topological polar surface area (TPSA) is 71.1 Å². The molecule has 0 fully saturated rings. The lowest BCUT2D eigenvalue weighted by molar-refractivity contribution is 0.566. The normalized spacial score (nSPS) is 13.5. The lowest BCUT2D eigenvalue weighted by Gasteiger charge is -2.10. The third-order valence-corrected chi connectivity index (χ3v) is 6.53. The van der Waals surface area contributed by atoms with Crippen LogP contribution in [-0.2, 0) is 16.6 Å². The summed E-state index contributed by atoms with van der Waals surface area (Å²) in [5, 5.41) is 5.64. The highest BCUT2D eigenvalue weighted by atomic mass is 32.2. The molecular formula is C13H19N3O2S3. The van der Waals surface area contributed by atoms with Gasteiger partial charge in [0, 0.05) is 27.9 Å². The van der Waals surface area contributed by atoms with Crippen molar-refractivity contribution in [1.82, 2.24) is 15.0 Å². The molecule has 0 aliphatic carbocycles. The second-order valence-corrected chi connectivity index (χ2v) is 8.66. The molecule has 0 aromatic carbocycles. The fourth-order valence-corrected chi connectivity index (χ4v) is 5.07. The number of nitrogens with zero attached hydrogens (tertiary/aromatic N) is 1. The number of aromatic nitrogens is 1. The monoisotopic (exact) mass is 345 g/mol. The molecule has 8 heteroatoms. The van der Waals surface area contributed by atoms with Crippen molar-refractivity contribution in [1.29, 1.82) is 0 Å². The molecule has 1 atom stereocenters. The summed E-state index contributed by atoms with van der Waals surface area (Å²) in [7, 11) is -3.50. The Balaban J connectivity index is 2.09. The number of hydrogen-bond acceptors (Lipinski definition) is 6. The first-order valence-corrected chi connectivity index (χ1v) is 9.83. The quantitative estimate of drug-likeness (QED) is 0.809. The number of hydrogen-bond donors (Lipinski definition) is 2. The number of nitrogens with one attached hydrogen (secondary N) is 2. The number of rotatable bonds is 7. The number of aryl methyl sites for hydroxylation is 1. The first kappa shape index (κ1) is 16.6. The van der Waals surface area contributed by atoms with Gasteiger partial charge in [-0.2, -0.15) is 0 Å². The molecule has 2 aromatic rings. The van der Waals surface area contributed by atoms with Gasteiger partial charge >= 0.3 is 0 Å². The Bertz CT molecular complexity index is 691. The van der Waals surface area contributed by atoms with Gasteiger partial charge in [-0.25, -0.2) is 18.1 Å². The highest BCUT2D eigenvalue weighted by Crippen LogP contribution is 2.23. The van der Waals surface area contributed by atoms with E-state index in [0.717, 1.165) is 21.3 Å². The van der Waals surface area contributed by atoms with E-state index in [-0.39, 0.29) is 6.04 Å². The maximum absolute atomic E-state index is 12.4. The van der Waals surface area contributed by atoms with Crippen LogP contribution in [0.4, 0.5) is 0 Å². The van der Waals surface area contributed by atoms with Gasteiger partial charge in [0.1, 0.15) is 5.01 Å². The minimum Gasteiger partial charge on any atom is -0.312 e. The van der Waals surface area contributed by atoms with Crippen LogP contribution in [0.25, 0.3) is 0 Å². The molecule has 0 aliphatic heterocycles. The largest absolute Gasteiger partial charge is 0.312 e. The average molecular weight is 346 g/mol. The summed E-state index contributed by atoms with van der Waals surface area (Å²) >= 11 is 2.95. The molecule has 116 valence electrons. The fourth-order valence-electron chi connectivity index (χ4n) is 1.77. The van der Waals surface area contributed by atoms with E-state index >= 15 is 0 Å². The summed E-state index contributed by atoms with van der Waals surface area (Å²) < 4.78 is 27.4. The van der Waals surface area contributed by atoms with Crippen LogP contribution >= 0.6 is 22.7 Å². The molecule has 0 saturated carbocycles. The summed E-state index contributed by atoms with van der Waals surface area (Å²) in [6.07, 6.45) is 1.75. The van der Waals surface area contributed by atoms with Gasteiger partial charge in [0.05, 0.1) is 10.9 Å². The van der Waals surface area contributed by atoms with E-state index in [4.69, 9.17) is 0 Å². The number of thiazole rings is 1. The van der Waals surface area contributed by atoms with Crippen LogP contribution in [0.5, 0.6) is 0 Å². The molecule has 5 nitrogen and oxygen atoms in total. The first-order valence-electron chi connectivity index (χ1n) is 6.65. The van der Waals surface area contributed by atoms with Crippen LogP contribution in [-0.4, -0.2) is 19.9 Å². The highest BCUT2D eigenvalue weighted by Gasteiger charge is 2.21. The van der Waals surface area contributed by atoms with E-state index in [2.05, 4.69) is 15.0 Å². The van der Waals surface area contributed by atoms with E-state index in [1.165, 1.54) is 22.7 Å². The van der Waals surface area contributed by atoms with Gasteiger partial charge in [-0.3, -0.25) is 0 Å².